The first kappa shape index (κ1) is 31.2. The fraction of sp³-hybridized carbons (Fsp3) is 0.433. The van der Waals surface area contributed by atoms with Crippen molar-refractivity contribution in [2.45, 2.75) is 56.8 Å². The molecule has 0 aliphatic carbocycles. The second kappa shape index (κ2) is 13.1. The molecule has 42 heavy (non-hydrogen) atoms. The summed E-state index contributed by atoms with van der Waals surface area (Å²) in [6.07, 6.45) is 0.151. The number of hydrogen-bond acceptors (Lipinski definition) is 10. The highest BCUT2D eigenvalue weighted by molar-refractivity contribution is 7.85. The van der Waals surface area contributed by atoms with Crippen LogP contribution in [0.2, 0.25) is 0 Å². The molecule has 0 saturated carbocycles. The molecule has 12 heteroatoms. The van der Waals surface area contributed by atoms with Crippen LogP contribution >= 0.6 is 0 Å². The third kappa shape index (κ3) is 7.18. The molecule has 224 valence electrons. The Kier molecular flexibility index (Phi) is 9.70. The summed E-state index contributed by atoms with van der Waals surface area (Å²) in [5.74, 6) is -3.46. The van der Waals surface area contributed by atoms with Gasteiger partial charge in [-0.2, -0.15) is 0 Å². The summed E-state index contributed by atoms with van der Waals surface area (Å²) in [6, 6.07) is 13.0. The van der Waals surface area contributed by atoms with Crippen molar-refractivity contribution in [3.63, 3.8) is 0 Å². The highest BCUT2D eigenvalue weighted by Gasteiger charge is 2.42. The highest BCUT2D eigenvalue weighted by Crippen LogP contribution is 2.41. The van der Waals surface area contributed by atoms with Gasteiger partial charge in [-0.3, -0.25) is 24.1 Å². The van der Waals surface area contributed by atoms with E-state index in [0.29, 0.717) is 40.6 Å². The predicted molar refractivity (Wildman–Crippen MR) is 154 cm³/mol. The number of methoxy groups -OCH3 is 1. The maximum atomic E-state index is 13.4. The van der Waals surface area contributed by atoms with E-state index in [4.69, 9.17) is 18.9 Å². The number of nitro benzene ring substituents is 1. The van der Waals surface area contributed by atoms with Crippen LogP contribution in [0.4, 0.5) is 5.69 Å². The number of hydrogen-bond donors (Lipinski definition) is 0. The second-order valence-electron chi connectivity index (χ2n) is 10.6. The number of nitro groups is 1. The van der Waals surface area contributed by atoms with Gasteiger partial charge in [0.2, 0.25) is 0 Å². The summed E-state index contributed by atoms with van der Waals surface area (Å²) in [7, 11) is -0.0244. The minimum atomic E-state index is -1.26. The van der Waals surface area contributed by atoms with Crippen LogP contribution in [-0.2, 0) is 45.8 Å². The molecule has 1 saturated heterocycles. The first-order valence-electron chi connectivity index (χ1n) is 13.4. The molecule has 2 aliphatic heterocycles. The Hall–Kier alpha value is -3.74. The van der Waals surface area contributed by atoms with Crippen molar-refractivity contribution in [2.24, 2.45) is 10.9 Å². The van der Waals surface area contributed by atoms with Crippen LogP contribution in [0, 0.1) is 16.0 Å². The van der Waals surface area contributed by atoms with Crippen LogP contribution in [-0.4, -0.2) is 64.7 Å². The van der Waals surface area contributed by atoms with Gasteiger partial charge >= 0.3 is 11.9 Å². The molecule has 2 aliphatic rings. The molecular weight excluding hydrogens is 564 g/mol. The van der Waals surface area contributed by atoms with Crippen LogP contribution < -0.4 is 0 Å². The van der Waals surface area contributed by atoms with Crippen LogP contribution in [0.25, 0.3) is 0 Å². The van der Waals surface area contributed by atoms with Gasteiger partial charge in [0.05, 0.1) is 53.5 Å². The third-order valence-corrected chi connectivity index (χ3v) is 8.63. The fourth-order valence-corrected chi connectivity index (χ4v) is 6.32. The minimum absolute atomic E-state index is 0.0353. The minimum Gasteiger partial charge on any atom is -0.468 e. The number of benzene rings is 2. The van der Waals surface area contributed by atoms with Crippen molar-refractivity contribution in [1.29, 1.82) is 0 Å². The number of allylic oxidation sites excluding steroid dienone is 1. The molecule has 2 aromatic carbocycles. The maximum absolute atomic E-state index is 13.4. The monoisotopic (exact) mass is 598 g/mol. The Bertz CT molecular complexity index is 1450. The van der Waals surface area contributed by atoms with Crippen LogP contribution in [0.5, 0.6) is 0 Å². The second-order valence-corrected chi connectivity index (χ2v) is 12.1. The Morgan fingerprint density at radius 1 is 1.17 bits per heavy atom. The number of non-ortho nitro benzene ring substituents is 1. The van der Waals surface area contributed by atoms with Gasteiger partial charge < -0.3 is 18.9 Å². The predicted octanol–water partition coefficient (Wildman–Crippen LogP) is 4.26. The third-order valence-electron chi connectivity index (χ3n) is 7.16. The first-order valence-corrected chi connectivity index (χ1v) is 14.8. The Morgan fingerprint density at radius 2 is 1.88 bits per heavy atom. The van der Waals surface area contributed by atoms with Gasteiger partial charge in [0.25, 0.3) is 5.69 Å². The van der Waals surface area contributed by atoms with E-state index in [-0.39, 0.29) is 24.0 Å². The summed E-state index contributed by atoms with van der Waals surface area (Å²) in [5, 5.41) is 11.4. The number of aliphatic imine (C=N–C) groups is 1. The summed E-state index contributed by atoms with van der Waals surface area (Å²) < 4.78 is 34.7. The van der Waals surface area contributed by atoms with E-state index in [0.717, 1.165) is 5.56 Å². The first-order chi connectivity index (χ1) is 19.9. The van der Waals surface area contributed by atoms with Gasteiger partial charge in [-0.1, -0.05) is 24.3 Å². The zero-order valence-corrected chi connectivity index (χ0v) is 25.0. The zero-order valence-electron chi connectivity index (χ0n) is 24.2. The van der Waals surface area contributed by atoms with E-state index in [2.05, 4.69) is 4.99 Å². The van der Waals surface area contributed by atoms with Crippen molar-refractivity contribution < 1.29 is 37.7 Å². The molecule has 0 spiro atoms. The average molecular weight is 599 g/mol. The lowest BCUT2D eigenvalue weighted by Crippen LogP contribution is -2.36. The molecule has 4 unspecified atom stereocenters. The molecule has 1 fully saturated rings. The standard InChI is InChI=1S/C30H34N2O9S/c1-18-25(28(33)38-5)27(21-7-6-8-22(15-21)32(35)36)26(19(2)31-18)29(34)39-14-13-20-9-11-24(12-10-20)42(37)17-23-16-40-30(3,4)41-23/h6-12,15,23,25,27H,13-14,16-17H2,1-5H3. The molecule has 0 bridgehead atoms. The number of carbonyl (C=O) groups is 2. The lowest BCUT2D eigenvalue weighted by atomic mass is 9.75. The number of nitrogens with zero attached hydrogens (tertiary/aromatic N) is 2. The zero-order chi connectivity index (χ0) is 30.6. The van der Waals surface area contributed by atoms with Gasteiger partial charge in [-0.15, -0.1) is 0 Å². The quantitative estimate of drug-likeness (QED) is 0.223. The molecule has 0 amide bonds. The SMILES string of the molecule is COC(=O)C1C(C)=NC(C)=C(C(=O)OCCc2ccc(S(=O)CC3COC(C)(C)O3)cc2)C1c1cccc([N+](=O)[O-])c1. The Morgan fingerprint density at radius 3 is 2.50 bits per heavy atom. The summed E-state index contributed by atoms with van der Waals surface area (Å²) in [5.41, 5.74) is 2.04. The summed E-state index contributed by atoms with van der Waals surface area (Å²) in [4.78, 5) is 42.2. The van der Waals surface area contributed by atoms with E-state index in [1.165, 1.54) is 25.3 Å². The number of carbonyl (C=O) groups excluding carboxylic acids is 2. The molecule has 4 rings (SSSR count). The van der Waals surface area contributed by atoms with Gasteiger partial charge in [0, 0.05) is 40.8 Å². The Balaban J connectivity index is 1.45. The fourth-order valence-electron chi connectivity index (χ4n) is 5.18. The summed E-state index contributed by atoms with van der Waals surface area (Å²) in [6.45, 7) is 7.37. The van der Waals surface area contributed by atoms with Crippen molar-refractivity contribution in [3.05, 3.63) is 81.0 Å². The molecule has 0 aromatic heterocycles. The van der Waals surface area contributed by atoms with Crippen molar-refractivity contribution in [2.75, 3.05) is 26.1 Å². The number of ether oxygens (including phenoxy) is 4. The van der Waals surface area contributed by atoms with Crippen LogP contribution in [0.3, 0.4) is 0 Å². The van der Waals surface area contributed by atoms with E-state index < -0.39 is 45.3 Å². The Labute approximate surface area is 246 Å². The van der Waals surface area contributed by atoms with Gasteiger partial charge in [0.1, 0.15) is 5.92 Å². The lowest BCUT2D eigenvalue weighted by Gasteiger charge is -2.31. The molecule has 2 heterocycles. The summed E-state index contributed by atoms with van der Waals surface area (Å²) >= 11 is 0. The van der Waals surface area contributed by atoms with Gasteiger partial charge in [0.15, 0.2) is 5.79 Å². The molecule has 11 nitrogen and oxygen atoms in total. The van der Waals surface area contributed by atoms with E-state index in [9.17, 15) is 23.9 Å². The average Bonchev–Trinajstić information content (AvgIpc) is 3.30. The molecule has 2 aromatic rings. The van der Waals surface area contributed by atoms with Crippen LogP contribution in [0.15, 0.2) is 69.7 Å². The normalized spacial score (nSPS) is 22.3. The van der Waals surface area contributed by atoms with Crippen molar-refractivity contribution in [3.8, 4) is 0 Å². The lowest BCUT2D eigenvalue weighted by molar-refractivity contribution is -0.384. The van der Waals surface area contributed by atoms with Crippen molar-refractivity contribution >= 4 is 34.1 Å². The van der Waals surface area contributed by atoms with E-state index in [1.807, 2.05) is 26.0 Å². The molecule has 4 atom stereocenters. The largest absolute Gasteiger partial charge is 0.468 e. The molecular formula is C30H34N2O9S. The highest BCUT2D eigenvalue weighted by atomic mass is 32.2. The smallest absolute Gasteiger partial charge is 0.336 e. The molecule has 0 N–H and O–H groups in total. The van der Waals surface area contributed by atoms with Crippen LogP contribution in [0.1, 0.15) is 44.7 Å². The van der Waals surface area contributed by atoms with Gasteiger partial charge in [-0.05, 0) is 51.0 Å². The van der Waals surface area contributed by atoms with E-state index >= 15 is 0 Å². The topological polar surface area (TPSA) is 144 Å². The number of esters is 2. The number of rotatable bonds is 10. The van der Waals surface area contributed by atoms with Crippen molar-refractivity contribution in [1.82, 2.24) is 0 Å². The van der Waals surface area contributed by atoms with Gasteiger partial charge in [-0.25, -0.2) is 4.79 Å². The molecule has 0 radical (unpaired) electrons. The maximum Gasteiger partial charge on any atom is 0.336 e. The van der Waals surface area contributed by atoms with E-state index in [1.54, 1.807) is 32.0 Å².